The van der Waals surface area contributed by atoms with Crippen molar-refractivity contribution in [1.82, 2.24) is 10.2 Å². The zero-order valence-electron chi connectivity index (χ0n) is 14.2. The van der Waals surface area contributed by atoms with Crippen LogP contribution in [0.1, 0.15) is 52.1 Å². The minimum absolute atomic E-state index is 0.435. The number of rotatable bonds is 9. The summed E-state index contributed by atoms with van der Waals surface area (Å²) in [7, 11) is 2.24. The summed E-state index contributed by atoms with van der Waals surface area (Å²) in [5, 5.41) is 3.69. The molecule has 3 heteroatoms. The van der Waals surface area contributed by atoms with Gasteiger partial charge in [-0.1, -0.05) is 48.8 Å². The van der Waals surface area contributed by atoms with Crippen molar-refractivity contribution in [3.8, 4) is 0 Å². The number of halogens is 1. The van der Waals surface area contributed by atoms with E-state index in [0.717, 1.165) is 24.0 Å². The third kappa shape index (κ3) is 6.50. The molecule has 0 amide bonds. The Bertz CT molecular complexity index is 406. The van der Waals surface area contributed by atoms with Crippen molar-refractivity contribution in [2.75, 3.05) is 20.1 Å². The highest BCUT2D eigenvalue weighted by Crippen LogP contribution is 2.22. The third-order valence-corrected chi connectivity index (χ3v) is 4.82. The molecule has 2 nitrogen and oxygen atoms in total. The highest BCUT2D eigenvalue weighted by molar-refractivity contribution is 9.10. The van der Waals surface area contributed by atoms with Crippen LogP contribution in [0.15, 0.2) is 28.7 Å². The molecular weight excluding hydrogens is 324 g/mol. The maximum Gasteiger partial charge on any atom is 0.0332 e. The molecule has 1 aromatic rings. The van der Waals surface area contributed by atoms with Gasteiger partial charge in [-0.25, -0.2) is 0 Å². The van der Waals surface area contributed by atoms with E-state index in [1.54, 1.807) is 0 Å². The van der Waals surface area contributed by atoms with E-state index in [4.69, 9.17) is 0 Å². The molecule has 1 aromatic carbocycles. The Kier molecular flexibility index (Phi) is 8.53. The lowest BCUT2D eigenvalue weighted by Crippen LogP contribution is -2.36. The second-order valence-electron chi connectivity index (χ2n) is 6.32. The van der Waals surface area contributed by atoms with Crippen LogP contribution in [0.2, 0.25) is 0 Å². The van der Waals surface area contributed by atoms with E-state index in [9.17, 15) is 0 Å². The molecule has 0 heterocycles. The smallest absolute Gasteiger partial charge is 0.0332 e. The Balaban J connectivity index is 2.66. The minimum Gasteiger partial charge on any atom is -0.310 e. The van der Waals surface area contributed by atoms with Gasteiger partial charge in [0.25, 0.3) is 0 Å². The summed E-state index contributed by atoms with van der Waals surface area (Å²) in [5.74, 6) is 0.697. The zero-order chi connectivity index (χ0) is 15.8. The molecule has 120 valence electrons. The van der Waals surface area contributed by atoms with Crippen LogP contribution in [-0.4, -0.2) is 31.1 Å². The van der Waals surface area contributed by atoms with Gasteiger partial charge in [0, 0.05) is 16.6 Å². The lowest BCUT2D eigenvalue weighted by Gasteiger charge is -2.30. The summed E-state index contributed by atoms with van der Waals surface area (Å²) in [4.78, 5) is 2.48. The van der Waals surface area contributed by atoms with Gasteiger partial charge < -0.3 is 10.2 Å². The second-order valence-corrected chi connectivity index (χ2v) is 7.23. The normalized spacial score (nSPS) is 14.7. The van der Waals surface area contributed by atoms with Crippen LogP contribution >= 0.6 is 15.9 Å². The molecule has 0 aromatic heterocycles. The quantitative estimate of drug-likeness (QED) is 0.681. The largest absolute Gasteiger partial charge is 0.310 e. The number of nitrogens with zero attached hydrogens (tertiary/aromatic N) is 1. The van der Waals surface area contributed by atoms with Crippen molar-refractivity contribution in [3.63, 3.8) is 0 Å². The number of hydrogen-bond acceptors (Lipinski definition) is 2. The Hall–Kier alpha value is -0.380. The zero-order valence-corrected chi connectivity index (χ0v) is 15.8. The van der Waals surface area contributed by atoms with Crippen molar-refractivity contribution in [3.05, 3.63) is 34.3 Å². The lowest BCUT2D eigenvalue weighted by molar-refractivity contribution is 0.198. The average molecular weight is 355 g/mol. The van der Waals surface area contributed by atoms with Gasteiger partial charge in [0.1, 0.15) is 0 Å². The maximum absolute atomic E-state index is 3.69. The standard InChI is InChI=1S/C18H31BrN2/c1-6-11-20-18(16-8-7-9-17(19)13-16)10-12-21(5)15(4)14(2)3/h7-9,13-15,18,20H,6,10-12H2,1-5H3. The maximum atomic E-state index is 3.69. The van der Waals surface area contributed by atoms with Crippen LogP contribution in [0.5, 0.6) is 0 Å². The summed E-state index contributed by atoms with van der Waals surface area (Å²) in [5.41, 5.74) is 1.38. The van der Waals surface area contributed by atoms with Crippen LogP contribution in [-0.2, 0) is 0 Å². The van der Waals surface area contributed by atoms with E-state index in [1.807, 2.05) is 0 Å². The molecular formula is C18H31BrN2. The Morgan fingerprint density at radius 3 is 2.52 bits per heavy atom. The first kappa shape index (κ1) is 18.7. The lowest BCUT2D eigenvalue weighted by atomic mass is 10.0. The fourth-order valence-electron chi connectivity index (χ4n) is 2.47. The minimum atomic E-state index is 0.435. The fourth-order valence-corrected chi connectivity index (χ4v) is 2.89. The molecule has 0 aliphatic rings. The molecule has 0 spiro atoms. The molecule has 0 radical (unpaired) electrons. The number of benzene rings is 1. The molecule has 0 saturated carbocycles. The number of hydrogen-bond donors (Lipinski definition) is 1. The molecule has 2 unspecified atom stereocenters. The topological polar surface area (TPSA) is 15.3 Å². The van der Waals surface area contributed by atoms with E-state index >= 15 is 0 Å². The van der Waals surface area contributed by atoms with Crippen molar-refractivity contribution in [2.45, 2.75) is 52.6 Å². The van der Waals surface area contributed by atoms with Gasteiger partial charge in [0.05, 0.1) is 0 Å². The van der Waals surface area contributed by atoms with Gasteiger partial charge in [0.2, 0.25) is 0 Å². The first-order chi connectivity index (χ1) is 9.95. The predicted molar refractivity (Wildman–Crippen MR) is 96.7 cm³/mol. The molecule has 2 atom stereocenters. The first-order valence-corrected chi connectivity index (χ1v) is 8.94. The van der Waals surface area contributed by atoms with Gasteiger partial charge >= 0.3 is 0 Å². The number of nitrogens with one attached hydrogen (secondary N) is 1. The third-order valence-electron chi connectivity index (χ3n) is 4.32. The van der Waals surface area contributed by atoms with Crippen LogP contribution in [0.4, 0.5) is 0 Å². The van der Waals surface area contributed by atoms with E-state index in [1.165, 1.54) is 12.0 Å². The molecule has 1 N–H and O–H groups in total. The SMILES string of the molecule is CCCNC(CCN(C)C(C)C(C)C)c1cccc(Br)c1. The first-order valence-electron chi connectivity index (χ1n) is 8.14. The monoisotopic (exact) mass is 354 g/mol. The molecule has 0 aliphatic heterocycles. The van der Waals surface area contributed by atoms with Gasteiger partial charge in [0.15, 0.2) is 0 Å². The molecule has 0 saturated heterocycles. The van der Waals surface area contributed by atoms with Gasteiger partial charge in [-0.3, -0.25) is 0 Å². The molecule has 0 bridgehead atoms. The van der Waals surface area contributed by atoms with E-state index in [0.29, 0.717) is 18.0 Å². The van der Waals surface area contributed by atoms with Crippen LogP contribution in [0.25, 0.3) is 0 Å². The summed E-state index contributed by atoms with van der Waals surface area (Å²) in [6, 6.07) is 9.74. The van der Waals surface area contributed by atoms with Crippen molar-refractivity contribution in [2.24, 2.45) is 5.92 Å². The van der Waals surface area contributed by atoms with Crippen LogP contribution in [0.3, 0.4) is 0 Å². The van der Waals surface area contributed by atoms with Crippen molar-refractivity contribution >= 4 is 15.9 Å². The molecule has 0 fully saturated rings. The van der Waals surface area contributed by atoms with Gasteiger partial charge in [-0.05, 0) is 63.5 Å². The molecule has 1 rings (SSSR count). The Labute approximate surface area is 139 Å². The summed E-state index contributed by atoms with van der Waals surface area (Å²) in [6.07, 6.45) is 2.31. The van der Waals surface area contributed by atoms with Crippen LogP contribution < -0.4 is 5.32 Å². The Morgan fingerprint density at radius 2 is 1.95 bits per heavy atom. The molecule has 0 aliphatic carbocycles. The van der Waals surface area contributed by atoms with E-state index in [-0.39, 0.29) is 0 Å². The van der Waals surface area contributed by atoms with Crippen molar-refractivity contribution in [1.29, 1.82) is 0 Å². The second kappa shape index (κ2) is 9.60. The summed E-state index contributed by atoms with van der Waals surface area (Å²) < 4.78 is 1.16. The highest BCUT2D eigenvalue weighted by Gasteiger charge is 2.16. The summed E-state index contributed by atoms with van der Waals surface area (Å²) in [6.45, 7) is 11.3. The van der Waals surface area contributed by atoms with Gasteiger partial charge in [-0.15, -0.1) is 0 Å². The molecule has 21 heavy (non-hydrogen) atoms. The van der Waals surface area contributed by atoms with E-state index in [2.05, 4.69) is 85.2 Å². The predicted octanol–water partition coefficient (Wildman–Crippen LogP) is 4.86. The Morgan fingerprint density at radius 1 is 1.24 bits per heavy atom. The van der Waals surface area contributed by atoms with Crippen molar-refractivity contribution < 1.29 is 0 Å². The van der Waals surface area contributed by atoms with Crippen LogP contribution in [0, 0.1) is 5.92 Å². The van der Waals surface area contributed by atoms with E-state index < -0.39 is 0 Å². The average Bonchev–Trinajstić information content (AvgIpc) is 2.46. The summed E-state index contributed by atoms with van der Waals surface area (Å²) >= 11 is 3.58. The highest BCUT2D eigenvalue weighted by atomic mass is 79.9. The fraction of sp³-hybridized carbons (Fsp3) is 0.667. The van der Waals surface area contributed by atoms with Gasteiger partial charge in [-0.2, -0.15) is 0 Å².